The number of amides is 1. The first-order valence-corrected chi connectivity index (χ1v) is 6.98. The quantitative estimate of drug-likeness (QED) is 0.852. The number of rotatable bonds is 3. The molecule has 0 unspecified atom stereocenters. The van der Waals surface area contributed by atoms with E-state index >= 15 is 0 Å². The number of aliphatic hydroxyl groups excluding tert-OH is 1. The van der Waals surface area contributed by atoms with Crippen LogP contribution >= 0.6 is 0 Å². The molecule has 1 aliphatic rings. The summed E-state index contributed by atoms with van der Waals surface area (Å²) in [6.07, 6.45) is 5.25. The Kier molecular flexibility index (Phi) is 3.98. The van der Waals surface area contributed by atoms with Gasteiger partial charge in [0, 0.05) is 18.7 Å². The zero-order chi connectivity index (χ0) is 15.5. The zero-order valence-corrected chi connectivity index (χ0v) is 11.7. The third-order valence-electron chi connectivity index (χ3n) is 3.65. The number of hydrogen-bond acceptors (Lipinski definition) is 3. The van der Waals surface area contributed by atoms with E-state index in [1.807, 2.05) is 24.3 Å². The van der Waals surface area contributed by atoms with Crippen molar-refractivity contribution < 1.29 is 14.3 Å². The van der Waals surface area contributed by atoms with Crippen LogP contribution in [0.25, 0.3) is 6.08 Å². The molecule has 2 aromatic rings. The van der Waals surface area contributed by atoms with Gasteiger partial charge in [-0.1, -0.05) is 24.3 Å². The Labute approximate surface area is 127 Å². The minimum Gasteiger partial charge on any atom is -0.390 e. The van der Waals surface area contributed by atoms with Gasteiger partial charge in [-0.25, -0.2) is 4.39 Å². The number of hydrogen-bond donors (Lipinski definition) is 2. The predicted octanol–water partition coefficient (Wildman–Crippen LogP) is 2.01. The fourth-order valence-corrected chi connectivity index (χ4v) is 2.64. The molecule has 1 aromatic heterocycles. The monoisotopic (exact) mass is 298 g/mol. The lowest BCUT2D eigenvalue weighted by Gasteiger charge is -2.16. The number of carbonyl (C=O) groups is 1. The minimum absolute atomic E-state index is 0.343. The van der Waals surface area contributed by atoms with Gasteiger partial charge in [0.05, 0.1) is 18.3 Å². The summed E-state index contributed by atoms with van der Waals surface area (Å²) in [6.45, 7) is 0. The SMILES string of the molecule is O=C(/C=C/c1cncc(F)c1)N[C@H]1c2ccccc2C[C@H]1O. The van der Waals surface area contributed by atoms with Gasteiger partial charge in [0.15, 0.2) is 0 Å². The van der Waals surface area contributed by atoms with Crippen molar-refractivity contribution in [1.82, 2.24) is 10.3 Å². The first-order valence-electron chi connectivity index (χ1n) is 6.98. The van der Waals surface area contributed by atoms with Crippen LogP contribution in [0.15, 0.2) is 48.8 Å². The van der Waals surface area contributed by atoms with Gasteiger partial charge in [-0.15, -0.1) is 0 Å². The van der Waals surface area contributed by atoms with Crippen LogP contribution < -0.4 is 5.32 Å². The van der Waals surface area contributed by atoms with Crippen LogP contribution in [0.1, 0.15) is 22.7 Å². The maximum absolute atomic E-state index is 13.0. The Morgan fingerprint density at radius 3 is 3.00 bits per heavy atom. The van der Waals surface area contributed by atoms with E-state index in [4.69, 9.17) is 0 Å². The predicted molar refractivity (Wildman–Crippen MR) is 80.3 cm³/mol. The molecule has 3 rings (SSSR count). The van der Waals surface area contributed by atoms with Crippen molar-refractivity contribution in [3.63, 3.8) is 0 Å². The number of fused-ring (bicyclic) bond motifs is 1. The number of aromatic nitrogens is 1. The Balaban J connectivity index is 1.70. The van der Waals surface area contributed by atoms with E-state index in [2.05, 4.69) is 10.3 Å². The number of nitrogens with zero attached hydrogens (tertiary/aromatic N) is 1. The van der Waals surface area contributed by atoms with E-state index < -0.39 is 18.0 Å². The number of halogens is 1. The zero-order valence-electron chi connectivity index (χ0n) is 11.7. The minimum atomic E-state index is -0.634. The molecule has 0 radical (unpaired) electrons. The number of aliphatic hydroxyl groups is 1. The van der Waals surface area contributed by atoms with Crippen molar-refractivity contribution in [2.45, 2.75) is 18.6 Å². The van der Waals surface area contributed by atoms with E-state index in [1.165, 1.54) is 24.4 Å². The van der Waals surface area contributed by atoms with Crippen LogP contribution in [-0.2, 0) is 11.2 Å². The highest BCUT2D eigenvalue weighted by Gasteiger charge is 2.31. The van der Waals surface area contributed by atoms with Crippen molar-refractivity contribution in [1.29, 1.82) is 0 Å². The summed E-state index contributed by atoms with van der Waals surface area (Å²) in [6, 6.07) is 8.50. The lowest BCUT2D eigenvalue weighted by atomic mass is 10.1. The van der Waals surface area contributed by atoms with Crippen molar-refractivity contribution in [2.24, 2.45) is 0 Å². The fraction of sp³-hybridized carbons (Fsp3) is 0.176. The number of pyridine rings is 1. The molecular weight excluding hydrogens is 283 g/mol. The van der Waals surface area contributed by atoms with Crippen molar-refractivity contribution in [3.8, 4) is 0 Å². The van der Waals surface area contributed by atoms with Gasteiger partial charge in [-0.2, -0.15) is 0 Å². The van der Waals surface area contributed by atoms with Gasteiger partial charge >= 0.3 is 0 Å². The molecular formula is C17H15FN2O2. The summed E-state index contributed by atoms with van der Waals surface area (Å²) in [5, 5.41) is 12.9. The van der Waals surface area contributed by atoms with E-state index in [9.17, 15) is 14.3 Å². The molecule has 1 aromatic carbocycles. The van der Waals surface area contributed by atoms with Gasteiger partial charge in [0.25, 0.3) is 0 Å². The molecule has 0 aliphatic heterocycles. The molecule has 112 valence electrons. The van der Waals surface area contributed by atoms with Gasteiger partial charge in [-0.05, 0) is 28.8 Å². The summed E-state index contributed by atoms with van der Waals surface area (Å²) in [7, 11) is 0. The summed E-state index contributed by atoms with van der Waals surface area (Å²) >= 11 is 0. The van der Waals surface area contributed by atoms with Gasteiger partial charge in [-0.3, -0.25) is 9.78 Å². The fourth-order valence-electron chi connectivity index (χ4n) is 2.64. The van der Waals surface area contributed by atoms with Crippen molar-refractivity contribution >= 4 is 12.0 Å². The topological polar surface area (TPSA) is 62.2 Å². The standard InChI is InChI=1S/C17H15FN2O2/c18-13-7-11(9-19-10-13)5-6-16(22)20-17-14-4-2-1-3-12(14)8-15(17)21/h1-7,9-10,15,17,21H,8H2,(H,20,22)/b6-5+/t15-,17+/m1/s1. The average molecular weight is 298 g/mol. The van der Waals surface area contributed by atoms with Crippen LogP contribution in [0, 0.1) is 5.82 Å². The molecule has 1 amide bonds. The Bertz CT molecular complexity index is 730. The molecule has 0 spiro atoms. The highest BCUT2D eigenvalue weighted by atomic mass is 19.1. The largest absolute Gasteiger partial charge is 0.390 e. The molecule has 2 N–H and O–H groups in total. The van der Waals surface area contributed by atoms with E-state index in [0.717, 1.165) is 17.3 Å². The lowest BCUT2D eigenvalue weighted by molar-refractivity contribution is -0.117. The summed E-state index contributed by atoms with van der Waals surface area (Å²) in [5.74, 6) is -0.798. The van der Waals surface area contributed by atoms with Crippen LogP contribution in [0.3, 0.4) is 0 Å². The molecule has 0 saturated carbocycles. The second-order valence-electron chi connectivity index (χ2n) is 5.23. The summed E-state index contributed by atoms with van der Waals surface area (Å²) < 4.78 is 13.0. The number of benzene rings is 1. The molecule has 22 heavy (non-hydrogen) atoms. The van der Waals surface area contributed by atoms with Crippen LogP contribution in [0.4, 0.5) is 4.39 Å². The van der Waals surface area contributed by atoms with Gasteiger partial charge in [0.2, 0.25) is 5.91 Å². The summed E-state index contributed by atoms with van der Waals surface area (Å²) in [5.41, 5.74) is 2.48. The van der Waals surface area contributed by atoms with Gasteiger partial charge in [0.1, 0.15) is 5.82 Å². The van der Waals surface area contributed by atoms with Crippen LogP contribution in [0.5, 0.6) is 0 Å². The smallest absolute Gasteiger partial charge is 0.244 e. The molecule has 2 atom stereocenters. The molecule has 5 heteroatoms. The Morgan fingerprint density at radius 2 is 2.18 bits per heavy atom. The van der Waals surface area contributed by atoms with Crippen molar-refractivity contribution in [3.05, 3.63) is 71.3 Å². The molecule has 0 saturated heterocycles. The maximum atomic E-state index is 13.0. The second-order valence-corrected chi connectivity index (χ2v) is 5.23. The van der Waals surface area contributed by atoms with Gasteiger partial charge < -0.3 is 10.4 Å². The molecule has 1 aliphatic carbocycles. The lowest BCUT2D eigenvalue weighted by Crippen LogP contribution is -2.32. The maximum Gasteiger partial charge on any atom is 0.244 e. The Morgan fingerprint density at radius 1 is 1.36 bits per heavy atom. The number of carbonyl (C=O) groups excluding carboxylic acids is 1. The molecule has 4 nitrogen and oxygen atoms in total. The van der Waals surface area contributed by atoms with E-state index in [0.29, 0.717) is 12.0 Å². The highest BCUT2D eigenvalue weighted by molar-refractivity contribution is 5.92. The molecule has 0 bridgehead atoms. The van der Waals surface area contributed by atoms with Crippen LogP contribution in [-0.4, -0.2) is 22.1 Å². The van der Waals surface area contributed by atoms with Crippen molar-refractivity contribution in [2.75, 3.05) is 0 Å². The average Bonchev–Trinajstić information content (AvgIpc) is 2.81. The molecule has 1 heterocycles. The Hall–Kier alpha value is -2.53. The highest BCUT2D eigenvalue weighted by Crippen LogP contribution is 2.31. The third kappa shape index (κ3) is 3.04. The summed E-state index contributed by atoms with van der Waals surface area (Å²) in [4.78, 5) is 15.7. The first kappa shape index (κ1) is 14.4. The molecule has 0 fully saturated rings. The second kappa shape index (κ2) is 6.07. The van der Waals surface area contributed by atoms with E-state index in [1.54, 1.807) is 0 Å². The van der Waals surface area contributed by atoms with E-state index in [-0.39, 0.29) is 5.91 Å². The third-order valence-corrected chi connectivity index (χ3v) is 3.65. The van der Waals surface area contributed by atoms with Crippen LogP contribution in [0.2, 0.25) is 0 Å². The number of nitrogens with one attached hydrogen (secondary N) is 1. The normalized spacial score (nSPS) is 20.1. The first-order chi connectivity index (χ1) is 10.6.